The molecule has 0 heterocycles. The third-order valence-corrected chi connectivity index (χ3v) is 3.31. The largest absolute Gasteiger partial charge is 0.507 e. The first kappa shape index (κ1) is 16.3. The molecule has 8 heteroatoms. The summed E-state index contributed by atoms with van der Waals surface area (Å²) in [7, 11) is 0. The number of nitrogens with one attached hydrogen (secondary N) is 2. The first-order valence-electron chi connectivity index (χ1n) is 6.22. The molecule has 0 aliphatic rings. The highest BCUT2D eigenvalue weighted by Gasteiger charge is 2.23. The number of nitriles is 1. The Kier molecular flexibility index (Phi) is 4.48. The molecule has 0 fully saturated rings. The third kappa shape index (κ3) is 3.22. The number of phenols is 1. The second kappa shape index (κ2) is 6.34. The number of amides is 1. The minimum Gasteiger partial charge on any atom is -0.507 e. The summed E-state index contributed by atoms with van der Waals surface area (Å²) < 4.78 is 13.6. The van der Waals surface area contributed by atoms with E-state index in [-0.39, 0.29) is 27.3 Å². The van der Waals surface area contributed by atoms with Crippen molar-refractivity contribution in [3.8, 4) is 22.9 Å². The summed E-state index contributed by atoms with van der Waals surface area (Å²) in [5, 5.41) is 28.5. The van der Waals surface area contributed by atoms with Gasteiger partial charge in [-0.25, -0.2) is 4.39 Å². The van der Waals surface area contributed by atoms with Crippen LogP contribution in [0.4, 0.5) is 4.39 Å². The molecule has 0 aromatic heterocycles. The standard InChI is InChI=1S/C15H10ClFN4O2/c16-10-3-2-8(17)5-9(10)12-7(6-18)1-4-11(22)13(12)14(23)21-15(19)20/h1-5,22H,(H4,19,20,21,23). The molecule has 0 saturated carbocycles. The summed E-state index contributed by atoms with van der Waals surface area (Å²) in [6.07, 6.45) is 0. The first-order chi connectivity index (χ1) is 10.8. The van der Waals surface area contributed by atoms with Crippen molar-refractivity contribution in [1.82, 2.24) is 5.32 Å². The van der Waals surface area contributed by atoms with Crippen LogP contribution in [0.3, 0.4) is 0 Å². The topological polar surface area (TPSA) is 123 Å². The number of hydrogen-bond donors (Lipinski definition) is 4. The Morgan fingerprint density at radius 3 is 2.70 bits per heavy atom. The van der Waals surface area contributed by atoms with Gasteiger partial charge in [0.25, 0.3) is 5.91 Å². The summed E-state index contributed by atoms with van der Waals surface area (Å²) in [4.78, 5) is 12.2. The number of carbonyl (C=O) groups excluding carboxylic acids is 1. The van der Waals surface area contributed by atoms with E-state index in [2.05, 4.69) is 0 Å². The minimum absolute atomic E-state index is 0.00371. The van der Waals surface area contributed by atoms with Gasteiger partial charge in [-0.1, -0.05) is 11.6 Å². The number of phenolic OH excluding ortho intramolecular Hbond substituents is 1. The van der Waals surface area contributed by atoms with Crippen molar-refractivity contribution in [3.05, 3.63) is 52.3 Å². The molecule has 116 valence electrons. The van der Waals surface area contributed by atoms with Crippen LogP contribution in [0.15, 0.2) is 30.3 Å². The molecule has 0 aliphatic heterocycles. The highest BCUT2D eigenvalue weighted by Crippen LogP contribution is 2.37. The van der Waals surface area contributed by atoms with Gasteiger partial charge in [0, 0.05) is 16.1 Å². The van der Waals surface area contributed by atoms with Gasteiger partial charge >= 0.3 is 0 Å². The van der Waals surface area contributed by atoms with Crippen LogP contribution in [0.5, 0.6) is 5.75 Å². The second-order valence-corrected chi connectivity index (χ2v) is 4.89. The van der Waals surface area contributed by atoms with Crippen LogP contribution in [0.2, 0.25) is 5.02 Å². The van der Waals surface area contributed by atoms with Crippen molar-refractivity contribution in [2.24, 2.45) is 5.73 Å². The van der Waals surface area contributed by atoms with E-state index in [4.69, 9.17) is 22.7 Å². The van der Waals surface area contributed by atoms with E-state index in [0.717, 1.165) is 18.2 Å². The Hall–Kier alpha value is -3.11. The van der Waals surface area contributed by atoms with Crippen LogP contribution in [0.25, 0.3) is 11.1 Å². The zero-order valence-electron chi connectivity index (χ0n) is 11.5. The van der Waals surface area contributed by atoms with Crippen LogP contribution >= 0.6 is 11.6 Å². The number of hydrogen-bond acceptors (Lipinski definition) is 4. The Labute approximate surface area is 135 Å². The summed E-state index contributed by atoms with van der Waals surface area (Å²) >= 11 is 6.04. The number of benzene rings is 2. The number of guanidine groups is 1. The van der Waals surface area contributed by atoms with E-state index >= 15 is 0 Å². The molecule has 0 aliphatic carbocycles. The number of carbonyl (C=O) groups is 1. The van der Waals surface area contributed by atoms with E-state index in [0.29, 0.717) is 0 Å². The van der Waals surface area contributed by atoms with Crippen molar-refractivity contribution in [3.63, 3.8) is 0 Å². The predicted molar refractivity (Wildman–Crippen MR) is 82.6 cm³/mol. The number of nitrogens with zero attached hydrogens (tertiary/aromatic N) is 1. The Bertz CT molecular complexity index is 861. The molecule has 1 amide bonds. The Balaban J connectivity index is 2.82. The SMILES string of the molecule is N#Cc1ccc(O)c(C(=O)NC(=N)N)c1-c1cc(F)ccc1Cl. The van der Waals surface area contributed by atoms with E-state index in [1.807, 2.05) is 11.4 Å². The quantitative estimate of drug-likeness (QED) is 0.498. The number of aromatic hydroxyl groups is 1. The molecule has 0 spiro atoms. The van der Waals surface area contributed by atoms with Gasteiger partial charge in [-0.05, 0) is 30.3 Å². The fraction of sp³-hybridized carbons (Fsp3) is 0. The van der Waals surface area contributed by atoms with Gasteiger partial charge in [-0.15, -0.1) is 0 Å². The average Bonchev–Trinajstić information content (AvgIpc) is 2.48. The monoisotopic (exact) mass is 332 g/mol. The zero-order valence-corrected chi connectivity index (χ0v) is 12.3. The van der Waals surface area contributed by atoms with Gasteiger partial charge in [-0.2, -0.15) is 5.26 Å². The maximum absolute atomic E-state index is 13.6. The van der Waals surface area contributed by atoms with Gasteiger partial charge in [0.1, 0.15) is 11.6 Å². The predicted octanol–water partition coefficient (Wildman–Crippen LogP) is 2.35. The van der Waals surface area contributed by atoms with E-state index < -0.39 is 23.4 Å². The van der Waals surface area contributed by atoms with Crippen molar-refractivity contribution < 1.29 is 14.3 Å². The summed E-state index contributed by atoms with van der Waals surface area (Å²) in [5.41, 5.74) is 4.81. The van der Waals surface area contributed by atoms with Crippen molar-refractivity contribution in [1.29, 1.82) is 10.7 Å². The summed E-state index contributed by atoms with van der Waals surface area (Å²) in [5.74, 6) is -2.65. The van der Waals surface area contributed by atoms with E-state index in [9.17, 15) is 19.6 Å². The molecule has 0 atom stereocenters. The molecule has 2 rings (SSSR count). The van der Waals surface area contributed by atoms with Crippen LogP contribution in [-0.4, -0.2) is 17.0 Å². The maximum atomic E-state index is 13.6. The lowest BCUT2D eigenvalue weighted by Gasteiger charge is -2.14. The lowest BCUT2D eigenvalue weighted by Crippen LogP contribution is -2.36. The lowest BCUT2D eigenvalue weighted by molar-refractivity contribution is 0.0974. The third-order valence-electron chi connectivity index (χ3n) is 2.98. The summed E-state index contributed by atoms with van der Waals surface area (Å²) in [6.45, 7) is 0. The maximum Gasteiger partial charge on any atom is 0.262 e. The molecule has 2 aromatic carbocycles. The zero-order chi connectivity index (χ0) is 17.1. The fourth-order valence-corrected chi connectivity index (χ4v) is 2.28. The molecule has 5 N–H and O–H groups in total. The molecule has 0 bridgehead atoms. The van der Waals surface area contributed by atoms with Crippen molar-refractivity contribution in [2.75, 3.05) is 0 Å². The van der Waals surface area contributed by atoms with Crippen LogP contribution in [0.1, 0.15) is 15.9 Å². The van der Waals surface area contributed by atoms with Gasteiger partial charge in [0.05, 0.1) is 17.2 Å². The highest BCUT2D eigenvalue weighted by atomic mass is 35.5. The summed E-state index contributed by atoms with van der Waals surface area (Å²) in [6, 6.07) is 7.71. The van der Waals surface area contributed by atoms with Crippen LogP contribution in [0, 0.1) is 22.6 Å². The van der Waals surface area contributed by atoms with E-state index in [1.54, 1.807) is 0 Å². The molecule has 0 radical (unpaired) electrons. The molecule has 2 aromatic rings. The second-order valence-electron chi connectivity index (χ2n) is 4.49. The average molecular weight is 333 g/mol. The van der Waals surface area contributed by atoms with Crippen LogP contribution < -0.4 is 11.1 Å². The first-order valence-corrected chi connectivity index (χ1v) is 6.59. The molecular weight excluding hydrogens is 323 g/mol. The molecule has 6 nitrogen and oxygen atoms in total. The lowest BCUT2D eigenvalue weighted by atomic mass is 9.93. The van der Waals surface area contributed by atoms with Crippen molar-refractivity contribution in [2.45, 2.75) is 0 Å². The van der Waals surface area contributed by atoms with Gasteiger partial charge in [0.15, 0.2) is 5.96 Å². The molecule has 0 saturated heterocycles. The highest BCUT2D eigenvalue weighted by molar-refractivity contribution is 6.33. The van der Waals surface area contributed by atoms with Crippen molar-refractivity contribution >= 4 is 23.5 Å². The normalized spacial score (nSPS) is 9.96. The van der Waals surface area contributed by atoms with Gasteiger partial charge in [0.2, 0.25) is 0 Å². The van der Waals surface area contributed by atoms with Gasteiger partial charge < -0.3 is 10.8 Å². The number of rotatable bonds is 2. The Morgan fingerprint density at radius 1 is 1.39 bits per heavy atom. The minimum atomic E-state index is -0.914. The number of nitrogens with two attached hydrogens (primary N) is 1. The molecule has 23 heavy (non-hydrogen) atoms. The molecule has 0 unspecified atom stereocenters. The van der Waals surface area contributed by atoms with Gasteiger partial charge in [-0.3, -0.25) is 15.5 Å². The number of halogens is 2. The Morgan fingerprint density at radius 2 is 2.09 bits per heavy atom. The van der Waals surface area contributed by atoms with E-state index in [1.165, 1.54) is 12.1 Å². The fourth-order valence-electron chi connectivity index (χ4n) is 2.07. The molecular formula is C15H10ClFN4O2. The smallest absolute Gasteiger partial charge is 0.262 e. The van der Waals surface area contributed by atoms with Crippen LogP contribution in [-0.2, 0) is 0 Å².